The Morgan fingerprint density at radius 3 is 2.76 bits per heavy atom. The van der Waals surface area contributed by atoms with Crippen molar-refractivity contribution >= 4 is 5.65 Å². The van der Waals surface area contributed by atoms with Crippen molar-refractivity contribution in [3.05, 3.63) is 53.9 Å². The van der Waals surface area contributed by atoms with E-state index >= 15 is 0 Å². The Morgan fingerprint density at radius 1 is 1.24 bits per heavy atom. The first-order valence-electron chi connectivity index (χ1n) is 6.92. The van der Waals surface area contributed by atoms with Crippen LogP contribution in [0.2, 0.25) is 0 Å². The summed E-state index contributed by atoms with van der Waals surface area (Å²) in [5.41, 5.74) is 4.47. The first-order valence-corrected chi connectivity index (χ1v) is 6.92. The minimum absolute atomic E-state index is 0.608. The topological polar surface area (TPSA) is 46.8 Å². The van der Waals surface area contributed by atoms with Crippen molar-refractivity contribution in [2.45, 2.75) is 20.0 Å². The van der Waals surface area contributed by atoms with Gasteiger partial charge in [0.1, 0.15) is 11.4 Å². The zero-order valence-electron chi connectivity index (χ0n) is 12.4. The van der Waals surface area contributed by atoms with Gasteiger partial charge in [-0.15, -0.1) is 0 Å². The molecule has 1 N–H and O–H groups in total. The summed E-state index contributed by atoms with van der Waals surface area (Å²) < 4.78 is 7.23. The highest BCUT2D eigenvalue weighted by molar-refractivity contribution is 5.69. The van der Waals surface area contributed by atoms with Crippen LogP contribution in [0.15, 0.2) is 42.6 Å². The van der Waals surface area contributed by atoms with Crippen LogP contribution in [0, 0.1) is 6.92 Å². The molecule has 4 nitrogen and oxygen atoms in total. The quantitative estimate of drug-likeness (QED) is 0.801. The van der Waals surface area contributed by atoms with Crippen LogP contribution < -0.4 is 4.74 Å². The second-order valence-electron chi connectivity index (χ2n) is 5.14. The highest BCUT2D eigenvalue weighted by atomic mass is 16.5. The number of aliphatic hydroxyl groups is 1. The van der Waals surface area contributed by atoms with E-state index in [1.54, 1.807) is 14.0 Å². The standard InChI is InChI=1S/C17H18N2O2/c1-11-6-5-9-19-16(12(2)20)15(18-17(11)19)13-7-4-8-14(10-13)21-3/h4-10,12,20H,1-3H3. The number of pyridine rings is 1. The van der Waals surface area contributed by atoms with Crippen LogP contribution >= 0.6 is 0 Å². The molecule has 1 aromatic carbocycles. The number of imidazole rings is 1. The second kappa shape index (κ2) is 5.22. The van der Waals surface area contributed by atoms with Gasteiger partial charge in [0.2, 0.25) is 0 Å². The molecule has 2 aromatic heterocycles. The monoisotopic (exact) mass is 282 g/mol. The molecule has 0 aliphatic carbocycles. The molecule has 0 saturated heterocycles. The Labute approximate surface area is 123 Å². The lowest BCUT2D eigenvalue weighted by atomic mass is 10.1. The molecule has 108 valence electrons. The molecule has 0 aliphatic heterocycles. The third kappa shape index (κ3) is 2.28. The second-order valence-corrected chi connectivity index (χ2v) is 5.14. The molecule has 0 saturated carbocycles. The number of fused-ring (bicyclic) bond motifs is 1. The molecular weight excluding hydrogens is 264 g/mol. The molecule has 0 fully saturated rings. The lowest BCUT2D eigenvalue weighted by Gasteiger charge is -2.09. The summed E-state index contributed by atoms with van der Waals surface area (Å²) in [6.45, 7) is 3.78. The van der Waals surface area contributed by atoms with Gasteiger partial charge in [0.15, 0.2) is 0 Å². The normalized spacial score (nSPS) is 12.6. The maximum absolute atomic E-state index is 10.2. The number of nitrogens with zero attached hydrogens (tertiary/aromatic N) is 2. The van der Waals surface area contributed by atoms with E-state index in [2.05, 4.69) is 0 Å². The summed E-state index contributed by atoms with van der Waals surface area (Å²) in [7, 11) is 1.64. The van der Waals surface area contributed by atoms with Gasteiger partial charge in [-0.2, -0.15) is 0 Å². The molecule has 0 aliphatic rings. The van der Waals surface area contributed by atoms with Crippen LogP contribution in [0.25, 0.3) is 16.9 Å². The van der Waals surface area contributed by atoms with Crippen molar-refractivity contribution < 1.29 is 9.84 Å². The van der Waals surface area contributed by atoms with E-state index in [-0.39, 0.29) is 0 Å². The Morgan fingerprint density at radius 2 is 2.05 bits per heavy atom. The summed E-state index contributed by atoms with van der Waals surface area (Å²) in [6.07, 6.45) is 1.32. The molecule has 3 aromatic rings. The van der Waals surface area contributed by atoms with Gasteiger partial charge < -0.3 is 14.2 Å². The Kier molecular flexibility index (Phi) is 3.39. The maximum Gasteiger partial charge on any atom is 0.140 e. The predicted molar refractivity (Wildman–Crippen MR) is 82.6 cm³/mol. The average molecular weight is 282 g/mol. The molecule has 4 heteroatoms. The van der Waals surface area contributed by atoms with E-state index in [1.165, 1.54) is 0 Å². The van der Waals surface area contributed by atoms with Crippen molar-refractivity contribution in [1.82, 2.24) is 9.38 Å². The van der Waals surface area contributed by atoms with E-state index in [0.29, 0.717) is 0 Å². The van der Waals surface area contributed by atoms with E-state index in [4.69, 9.17) is 9.72 Å². The Bertz CT molecular complexity index is 791. The summed E-state index contributed by atoms with van der Waals surface area (Å²) in [4.78, 5) is 4.73. The summed E-state index contributed by atoms with van der Waals surface area (Å²) in [5, 5.41) is 10.2. The van der Waals surface area contributed by atoms with E-state index in [0.717, 1.165) is 33.9 Å². The maximum atomic E-state index is 10.2. The number of aryl methyl sites for hydroxylation is 1. The van der Waals surface area contributed by atoms with Crippen LogP contribution in [0.5, 0.6) is 5.75 Å². The third-order valence-corrected chi connectivity index (χ3v) is 3.62. The van der Waals surface area contributed by atoms with Gasteiger partial charge in [-0.3, -0.25) is 0 Å². The molecule has 0 spiro atoms. The molecule has 0 radical (unpaired) electrons. The fourth-order valence-corrected chi connectivity index (χ4v) is 2.60. The van der Waals surface area contributed by atoms with Crippen LogP contribution in [-0.2, 0) is 0 Å². The molecule has 1 atom stereocenters. The average Bonchev–Trinajstić information content (AvgIpc) is 2.88. The molecule has 21 heavy (non-hydrogen) atoms. The van der Waals surface area contributed by atoms with Gasteiger partial charge in [-0.05, 0) is 37.6 Å². The van der Waals surface area contributed by atoms with Gasteiger partial charge in [-0.25, -0.2) is 4.98 Å². The minimum atomic E-state index is -0.608. The van der Waals surface area contributed by atoms with Gasteiger partial charge >= 0.3 is 0 Å². The lowest BCUT2D eigenvalue weighted by molar-refractivity contribution is 0.194. The van der Waals surface area contributed by atoms with Crippen molar-refractivity contribution in [2.24, 2.45) is 0 Å². The third-order valence-electron chi connectivity index (χ3n) is 3.62. The zero-order valence-corrected chi connectivity index (χ0v) is 12.4. The molecule has 2 heterocycles. The Balaban J connectivity index is 2.30. The van der Waals surface area contributed by atoms with Gasteiger partial charge in [0.05, 0.1) is 24.6 Å². The van der Waals surface area contributed by atoms with Gasteiger partial charge in [-0.1, -0.05) is 18.2 Å². The smallest absolute Gasteiger partial charge is 0.140 e. The van der Waals surface area contributed by atoms with Crippen LogP contribution in [-0.4, -0.2) is 21.6 Å². The molecule has 3 rings (SSSR count). The van der Waals surface area contributed by atoms with Crippen LogP contribution in [0.3, 0.4) is 0 Å². The van der Waals surface area contributed by atoms with Gasteiger partial charge in [0, 0.05) is 11.8 Å². The van der Waals surface area contributed by atoms with Gasteiger partial charge in [0.25, 0.3) is 0 Å². The van der Waals surface area contributed by atoms with Crippen LogP contribution in [0.4, 0.5) is 0 Å². The highest BCUT2D eigenvalue weighted by Gasteiger charge is 2.18. The number of aromatic nitrogens is 2. The summed E-state index contributed by atoms with van der Waals surface area (Å²) in [6, 6.07) is 11.7. The molecule has 0 bridgehead atoms. The molecule has 1 unspecified atom stereocenters. The Hall–Kier alpha value is -2.33. The SMILES string of the molecule is COc1cccc(-c2nc3c(C)cccn3c2C(C)O)c1. The number of aliphatic hydroxyl groups excluding tert-OH is 1. The lowest BCUT2D eigenvalue weighted by Crippen LogP contribution is -1.99. The van der Waals surface area contributed by atoms with Crippen molar-refractivity contribution in [1.29, 1.82) is 0 Å². The fraction of sp³-hybridized carbons (Fsp3) is 0.235. The van der Waals surface area contributed by atoms with Crippen molar-refractivity contribution in [3.8, 4) is 17.0 Å². The van der Waals surface area contributed by atoms with E-state index < -0.39 is 6.10 Å². The van der Waals surface area contributed by atoms with Crippen molar-refractivity contribution in [3.63, 3.8) is 0 Å². The number of hydrogen-bond donors (Lipinski definition) is 1. The number of ether oxygens (including phenoxy) is 1. The van der Waals surface area contributed by atoms with E-state index in [9.17, 15) is 5.11 Å². The minimum Gasteiger partial charge on any atom is -0.497 e. The number of methoxy groups -OCH3 is 1. The summed E-state index contributed by atoms with van der Waals surface area (Å²) in [5.74, 6) is 0.776. The number of rotatable bonds is 3. The largest absolute Gasteiger partial charge is 0.497 e. The fourth-order valence-electron chi connectivity index (χ4n) is 2.60. The van der Waals surface area contributed by atoms with Crippen LogP contribution in [0.1, 0.15) is 24.3 Å². The molecular formula is C17H18N2O2. The van der Waals surface area contributed by atoms with E-state index in [1.807, 2.05) is 53.9 Å². The number of benzene rings is 1. The number of hydrogen-bond acceptors (Lipinski definition) is 3. The predicted octanol–water partition coefficient (Wildman–Crippen LogP) is 3.37. The first kappa shape index (κ1) is 13.6. The first-order chi connectivity index (χ1) is 10.1. The van der Waals surface area contributed by atoms with Crippen molar-refractivity contribution in [2.75, 3.05) is 7.11 Å². The highest BCUT2D eigenvalue weighted by Crippen LogP contribution is 2.31. The zero-order chi connectivity index (χ0) is 15.0. The molecule has 0 amide bonds. The summed E-state index contributed by atoms with van der Waals surface area (Å²) >= 11 is 0.